The highest BCUT2D eigenvalue weighted by molar-refractivity contribution is 7.18. The van der Waals surface area contributed by atoms with Crippen LogP contribution in [0.3, 0.4) is 0 Å². The second-order valence-electron chi connectivity index (χ2n) is 4.33. The zero-order chi connectivity index (χ0) is 13.0. The number of nitrogen functional groups attached to an aromatic ring is 1. The standard InChI is InChI=1S/C11H20N4OS/c1-5-15(4)11-14-9(12)8(17-11)10(16)13-6-7(2)3/h7H,5-6,12H2,1-4H3,(H,13,16). The van der Waals surface area contributed by atoms with Gasteiger partial charge in [-0.2, -0.15) is 0 Å². The SMILES string of the molecule is CCN(C)c1nc(N)c(C(=O)NCC(C)C)s1. The molecule has 0 spiro atoms. The number of hydrogen-bond acceptors (Lipinski definition) is 5. The average Bonchev–Trinajstić information content (AvgIpc) is 2.67. The quantitative estimate of drug-likeness (QED) is 0.839. The van der Waals surface area contributed by atoms with E-state index in [1.54, 1.807) is 0 Å². The van der Waals surface area contributed by atoms with Gasteiger partial charge in [0.2, 0.25) is 0 Å². The lowest BCUT2D eigenvalue weighted by Crippen LogP contribution is -2.27. The van der Waals surface area contributed by atoms with Crippen LogP contribution >= 0.6 is 11.3 Å². The van der Waals surface area contributed by atoms with Crippen LogP contribution in [0.5, 0.6) is 0 Å². The first-order valence-electron chi connectivity index (χ1n) is 5.71. The third-order valence-corrected chi connectivity index (χ3v) is 3.50. The van der Waals surface area contributed by atoms with Gasteiger partial charge >= 0.3 is 0 Å². The van der Waals surface area contributed by atoms with E-state index in [4.69, 9.17) is 5.73 Å². The van der Waals surface area contributed by atoms with E-state index >= 15 is 0 Å². The van der Waals surface area contributed by atoms with Crippen molar-refractivity contribution in [2.75, 3.05) is 30.8 Å². The Balaban J connectivity index is 2.77. The molecule has 17 heavy (non-hydrogen) atoms. The first-order valence-corrected chi connectivity index (χ1v) is 6.53. The molecule has 1 rings (SSSR count). The summed E-state index contributed by atoms with van der Waals surface area (Å²) in [6.07, 6.45) is 0. The number of carbonyl (C=O) groups excluding carboxylic acids is 1. The largest absolute Gasteiger partial charge is 0.382 e. The molecule has 0 atom stereocenters. The minimum absolute atomic E-state index is 0.135. The Hall–Kier alpha value is -1.30. The van der Waals surface area contributed by atoms with Crippen LogP contribution in [0.25, 0.3) is 0 Å². The molecule has 96 valence electrons. The molecule has 6 heteroatoms. The van der Waals surface area contributed by atoms with Crippen LogP contribution in [0.1, 0.15) is 30.4 Å². The van der Waals surface area contributed by atoms with E-state index in [2.05, 4.69) is 10.3 Å². The molecule has 5 nitrogen and oxygen atoms in total. The average molecular weight is 256 g/mol. The lowest BCUT2D eigenvalue weighted by Gasteiger charge is -2.11. The summed E-state index contributed by atoms with van der Waals surface area (Å²) in [7, 11) is 1.92. The molecule has 1 aromatic rings. The van der Waals surface area contributed by atoms with Crippen molar-refractivity contribution in [1.29, 1.82) is 0 Å². The van der Waals surface area contributed by atoms with Gasteiger partial charge in [-0.05, 0) is 12.8 Å². The van der Waals surface area contributed by atoms with E-state index in [9.17, 15) is 4.79 Å². The highest BCUT2D eigenvalue weighted by Crippen LogP contribution is 2.27. The molecule has 1 amide bonds. The molecule has 0 bridgehead atoms. The van der Waals surface area contributed by atoms with Crippen molar-refractivity contribution in [3.63, 3.8) is 0 Å². The van der Waals surface area contributed by atoms with Crippen LogP contribution in [0.4, 0.5) is 10.9 Å². The van der Waals surface area contributed by atoms with Crippen molar-refractivity contribution in [1.82, 2.24) is 10.3 Å². The Morgan fingerprint density at radius 1 is 1.59 bits per heavy atom. The predicted molar refractivity (Wildman–Crippen MR) is 72.6 cm³/mol. The topological polar surface area (TPSA) is 71.2 Å². The minimum atomic E-state index is -0.135. The van der Waals surface area contributed by atoms with Crippen LogP contribution in [0, 0.1) is 5.92 Å². The van der Waals surface area contributed by atoms with Gasteiger partial charge < -0.3 is 16.0 Å². The maximum absolute atomic E-state index is 11.9. The first kappa shape index (κ1) is 13.8. The molecule has 0 radical (unpaired) electrons. The zero-order valence-corrected chi connectivity index (χ0v) is 11.6. The van der Waals surface area contributed by atoms with Gasteiger partial charge in [0.15, 0.2) is 5.13 Å². The Labute approximate surface area is 106 Å². The number of nitrogens with zero attached hydrogens (tertiary/aromatic N) is 2. The van der Waals surface area contributed by atoms with Crippen molar-refractivity contribution < 1.29 is 4.79 Å². The predicted octanol–water partition coefficient (Wildman–Crippen LogP) is 1.57. The molecular weight excluding hydrogens is 236 g/mol. The lowest BCUT2D eigenvalue weighted by molar-refractivity contribution is 0.0953. The third kappa shape index (κ3) is 3.59. The molecule has 0 saturated heterocycles. The molecule has 1 aromatic heterocycles. The molecule has 0 aliphatic carbocycles. The molecule has 0 aliphatic rings. The van der Waals surface area contributed by atoms with Crippen molar-refractivity contribution >= 4 is 28.2 Å². The van der Waals surface area contributed by atoms with Crippen molar-refractivity contribution in [2.45, 2.75) is 20.8 Å². The fourth-order valence-corrected chi connectivity index (χ4v) is 2.09. The summed E-state index contributed by atoms with van der Waals surface area (Å²) < 4.78 is 0. The van der Waals surface area contributed by atoms with Gasteiger partial charge in [0.25, 0.3) is 5.91 Å². The van der Waals surface area contributed by atoms with E-state index < -0.39 is 0 Å². The van der Waals surface area contributed by atoms with E-state index in [0.717, 1.165) is 11.7 Å². The smallest absolute Gasteiger partial charge is 0.265 e. The molecule has 0 aliphatic heterocycles. The fraction of sp³-hybridized carbons (Fsp3) is 0.636. The second kappa shape index (κ2) is 5.86. The van der Waals surface area contributed by atoms with Gasteiger partial charge in [-0.3, -0.25) is 4.79 Å². The Morgan fingerprint density at radius 3 is 2.76 bits per heavy atom. The van der Waals surface area contributed by atoms with Crippen LogP contribution in [0.15, 0.2) is 0 Å². The van der Waals surface area contributed by atoms with Crippen LogP contribution in [-0.2, 0) is 0 Å². The maximum atomic E-state index is 11.9. The van der Waals surface area contributed by atoms with E-state index in [-0.39, 0.29) is 5.91 Å². The Kier molecular flexibility index (Phi) is 4.74. The number of hydrogen-bond donors (Lipinski definition) is 2. The Bertz CT molecular complexity index is 389. The van der Waals surface area contributed by atoms with Gasteiger partial charge in [-0.1, -0.05) is 25.2 Å². The summed E-state index contributed by atoms with van der Waals surface area (Å²) in [5.74, 6) is 0.599. The fourth-order valence-electron chi connectivity index (χ4n) is 1.16. The molecular formula is C11H20N4OS. The number of amides is 1. The summed E-state index contributed by atoms with van der Waals surface area (Å²) in [5.41, 5.74) is 5.75. The van der Waals surface area contributed by atoms with E-state index in [0.29, 0.717) is 23.2 Å². The van der Waals surface area contributed by atoms with Crippen molar-refractivity contribution in [3.8, 4) is 0 Å². The highest BCUT2D eigenvalue weighted by atomic mass is 32.1. The number of rotatable bonds is 5. The van der Waals surface area contributed by atoms with Crippen molar-refractivity contribution in [3.05, 3.63) is 4.88 Å². The maximum Gasteiger partial charge on any atom is 0.265 e. The number of carbonyl (C=O) groups is 1. The summed E-state index contributed by atoms with van der Waals surface area (Å²) in [6.45, 7) is 7.60. The zero-order valence-electron chi connectivity index (χ0n) is 10.8. The summed E-state index contributed by atoms with van der Waals surface area (Å²) in [4.78, 5) is 18.5. The van der Waals surface area contributed by atoms with Crippen LogP contribution in [0.2, 0.25) is 0 Å². The molecule has 0 unspecified atom stereocenters. The molecule has 0 saturated carbocycles. The second-order valence-corrected chi connectivity index (χ2v) is 5.31. The molecule has 0 fully saturated rings. The molecule has 0 aromatic carbocycles. The first-order chi connectivity index (χ1) is 7.95. The van der Waals surface area contributed by atoms with Gasteiger partial charge in [-0.25, -0.2) is 4.98 Å². The van der Waals surface area contributed by atoms with Crippen LogP contribution < -0.4 is 16.0 Å². The summed E-state index contributed by atoms with van der Waals surface area (Å²) >= 11 is 1.33. The van der Waals surface area contributed by atoms with Gasteiger partial charge in [0.05, 0.1) is 0 Å². The monoisotopic (exact) mass is 256 g/mol. The van der Waals surface area contributed by atoms with Gasteiger partial charge in [-0.15, -0.1) is 0 Å². The molecule has 1 heterocycles. The number of nitrogens with two attached hydrogens (primary N) is 1. The highest BCUT2D eigenvalue weighted by Gasteiger charge is 2.17. The third-order valence-electron chi connectivity index (χ3n) is 2.32. The van der Waals surface area contributed by atoms with Gasteiger partial charge in [0.1, 0.15) is 10.7 Å². The summed E-state index contributed by atoms with van der Waals surface area (Å²) in [5, 5.41) is 3.62. The Morgan fingerprint density at radius 2 is 2.24 bits per heavy atom. The van der Waals surface area contributed by atoms with E-state index in [1.165, 1.54) is 11.3 Å². The summed E-state index contributed by atoms with van der Waals surface area (Å²) in [6, 6.07) is 0. The number of thiazole rings is 1. The number of aromatic nitrogens is 1. The van der Waals surface area contributed by atoms with E-state index in [1.807, 2.05) is 32.7 Å². The van der Waals surface area contributed by atoms with Crippen LogP contribution in [-0.4, -0.2) is 31.0 Å². The van der Waals surface area contributed by atoms with Gasteiger partial charge in [0, 0.05) is 20.1 Å². The molecule has 3 N–H and O–H groups in total. The minimum Gasteiger partial charge on any atom is -0.382 e. The number of nitrogens with one attached hydrogen (secondary N) is 1. The normalized spacial score (nSPS) is 10.6. The lowest BCUT2D eigenvalue weighted by atomic mass is 10.2. The number of anilines is 2. The van der Waals surface area contributed by atoms with Crippen molar-refractivity contribution in [2.24, 2.45) is 5.92 Å².